The first-order valence-corrected chi connectivity index (χ1v) is 11.2. The number of nitrogens with zero attached hydrogens (tertiary/aromatic N) is 1. The molecule has 0 spiro atoms. The molecule has 154 valence electrons. The molecule has 2 heterocycles. The molecule has 2 aliphatic rings. The maximum atomic E-state index is 12.6. The highest BCUT2D eigenvalue weighted by atomic mass is 79.9. The van der Waals surface area contributed by atoms with E-state index in [0.29, 0.717) is 0 Å². The zero-order chi connectivity index (χ0) is 20.4. The van der Waals surface area contributed by atoms with Gasteiger partial charge in [0.15, 0.2) is 5.75 Å². The van der Waals surface area contributed by atoms with Crippen LogP contribution in [0.25, 0.3) is 0 Å². The number of carbonyl (C=O) groups excluding carboxylic acids is 1. The summed E-state index contributed by atoms with van der Waals surface area (Å²) in [4.78, 5) is 15.0. The van der Waals surface area contributed by atoms with Gasteiger partial charge in [0.05, 0.1) is 17.8 Å². The Kier molecular flexibility index (Phi) is 5.99. The van der Waals surface area contributed by atoms with Crippen LogP contribution in [0.1, 0.15) is 51.1 Å². The van der Waals surface area contributed by atoms with E-state index < -0.39 is 0 Å². The summed E-state index contributed by atoms with van der Waals surface area (Å²) in [6, 6.07) is 14.0. The number of fused-ring (bicyclic) bond motifs is 5. The van der Waals surface area contributed by atoms with Gasteiger partial charge in [-0.2, -0.15) is 0 Å². The Morgan fingerprint density at radius 3 is 2.76 bits per heavy atom. The van der Waals surface area contributed by atoms with Crippen molar-refractivity contribution in [1.82, 2.24) is 5.32 Å². The van der Waals surface area contributed by atoms with E-state index in [1.54, 1.807) is 0 Å². The monoisotopic (exact) mass is 458 g/mol. The number of halogens is 1. The number of ether oxygens (including phenoxy) is 2. The molecule has 29 heavy (non-hydrogen) atoms. The lowest BCUT2D eigenvalue weighted by Crippen LogP contribution is -2.50. The van der Waals surface area contributed by atoms with Gasteiger partial charge >= 0.3 is 6.09 Å². The van der Waals surface area contributed by atoms with Crippen molar-refractivity contribution >= 4 is 27.7 Å². The average Bonchev–Trinajstić information content (AvgIpc) is 2.87. The number of anilines is 1. The Hall–Kier alpha value is -2.21. The smallest absolute Gasteiger partial charge is 0.407 e. The Labute approximate surface area is 180 Å². The van der Waals surface area contributed by atoms with Crippen LogP contribution in [0.5, 0.6) is 11.5 Å². The van der Waals surface area contributed by atoms with Gasteiger partial charge in [-0.3, -0.25) is 0 Å². The highest BCUT2D eigenvalue weighted by Crippen LogP contribution is 2.50. The molecule has 6 heteroatoms. The third-order valence-corrected chi connectivity index (χ3v) is 6.45. The number of alkyl carbamates (subject to hydrolysis) is 1. The molecule has 2 unspecified atom stereocenters. The van der Waals surface area contributed by atoms with Crippen LogP contribution in [0.2, 0.25) is 0 Å². The summed E-state index contributed by atoms with van der Waals surface area (Å²) in [5.41, 5.74) is 2.12. The fraction of sp³-hybridized carbons (Fsp3) is 0.435. The molecule has 0 saturated carbocycles. The molecule has 1 amide bonds. The van der Waals surface area contributed by atoms with E-state index in [2.05, 4.69) is 32.2 Å². The van der Waals surface area contributed by atoms with Crippen LogP contribution < -0.4 is 15.0 Å². The van der Waals surface area contributed by atoms with E-state index >= 15 is 0 Å². The first-order valence-electron chi connectivity index (χ1n) is 10.4. The van der Waals surface area contributed by atoms with E-state index in [0.717, 1.165) is 59.5 Å². The van der Waals surface area contributed by atoms with Crippen LogP contribution in [-0.2, 0) is 4.74 Å². The molecule has 2 aromatic rings. The summed E-state index contributed by atoms with van der Waals surface area (Å²) in [7, 11) is 0. The normalized spacial score (nSPS) is 20.1. The van der Waals surface area contributed by atoms with Gasteiger partial charge < -0.3 is 19.7 Å². The number of piperidine rings is 1. The summed E-state index contributed by atoms with van der Waals surface area (Å²) in [5.74, 6) is 1.66. The lowest BCUT2D eigenvalue weighted by Gasteiger charge is -2.42. The van der Waals surface area contributed by atoms with Crippen LogP contribution in [0.4, 0.5) is 10.5 Å². The topological polar surface area (TPSA) is 50.8 Å². The fourth-order valence-electron chi connectivity index (χ4n) is 4.37. The van der Waals surface area contributed by atoms with Crippen molar-refractivity contribution in [2.75, 3.05) is 11.4 Å². The first kappa shape index (κ1) is 20.1. The summed E-state index contributed by atoms with van der Waals surface area (Å²) >= 11 is 3.71. The lowest BCUT2D eigenvalue weighted by atomic mass is 9.89. The largest absolute Gasteiger partial charge is 0.455 e. The van der Waals surface area contributed by atoms with E-state index in [-0.39, 0.29) is 24.3 Å². The van der Waals surface area contributed by atoms with E-state index in [9.17, 15) is 4.79 Å². The Balaban J connectivity index is 1.70. The second-order valence-electron chi connectivity index (χ2n) is 7.60. The summed E-state index contributed by atoms with van der Waals surface area (Å²) in [6.07, 6.45) is 3.14. The lowest BCUT2D eigenvalue weighted by molar-refractivity contribution is 0.0875. The summed E-state index contributed by atoms with van der Waals surface area (Å²) in [5, 5.41) is 3.16. The van der Waals surface area contributed by atoms with Gasteiger partial charge in [0.2, 0.25) is 0 Å². The number of nitrogens with one attached hydrogen (secondary N) is 1. The van der Waals surface area contributed by atoms with Crippen LogP contribution >= 0.6 is 15.9 Å². The predicted molar refractivity (Wildman–Crippen MR) is 118 cm³/mol. The molecular formula is C23H27BrN2O3. The zero-order valence-electron chi connectivity index (χ0n) is 16.9. The van der Waals surface area contributed by atoms with Gasteiger partial charge in [-0.25, -0.2) is 4.79 Å². The SMILES string of the molecule is CCC(CC)OC(=O)NC1CCCN2c3c(Br)cccc3Oc3ccccc3C12. The van der Waals surface area contributed by atoms with E-state index in [4.69, 9.17) is 9.47 Å². The van der Waals surface area contributed by atoms with Crippen molar-refractivity contribution in [2.45, 2.75) is 57.7 Å². The van der Waals surface area contributed by atoms with Crippen molar-refractivity contribution in [3.8, 4) is 11.5 Å². The highest BCUT2D eigenvalue weighted by Gasteiger charge is 2.39. The van der Waals surface area contributed by atoms with Crippen molar-refractivity contribution in [1.29, 1.82) is 0 Å². The minimum atomic E-state index is -0.333. The van der Waals surface area contributed by atoms with Crippen LogP contribution in [0.15, 0.2) is 46.9 Å². The molecule has 2 aromatic carbocycles. The predicted octanol–water partition coefficient (Wildman–Crippen LogP) is 6.18. The highest BCUT2D eigenvalue weighted by molar-refractivity contribution is 9.10. The van der Waals surface area contributed by atoms with Crippen LogP contribution in [0, 0.1) is 0 Å². The average molecular weight is 459 g/mol. The summed E-state index contributed by atoms with van der Waals surface area (Å²) in [6.45, 7) is 4.98. The van der Waals surface area contributed by atoms with Crippen LogP contribution in [0.3, 0.4) is 0 Å². The van der Waals surface area contributed by atoms with Crippen LogP contribution in [-0.4, -0.2) is 24.8 Å². The molecule has 0 bridgehead atoms. The molecule has 4 rings (SSSR count). The third-order valence-electron chi connectivity index (χ3n) is 5.81. The van der Waals surface area contributed by atoms with Gasteiger partial charge in [0.1, 0.15) is 11.9 Å². The Bertz CT molecular complexity index is 884. The van der Waals surface area contributed by atoms with Crippen molar-refractivity contribution in [3.63, 3.8) is 0 Å². The molecule has 5 nitrogen and oxygen atoms in total. The van der Waals surface area contributed by atoms with Crippen molar-refractivity contribution in [2.24, 2.45) is 0 Å². The second-order valence-corrected chi connectivity index (χ2v) is 8.46. The van der Waals surface area contributed by atoms with Crippen molar-refractivity contribution in [3.05, 3.63) is 52.5 Å². The minimum Gasteiger partial charge on any atom is -0.455 e. The van der Waals surface area contributed by atoms with E-state index in [1.165, 1.54) is 0 Å². The molecule has 2 aliphatic heterocycles. The standard InChI is InChI=1S/C23H27BrN2O3/c1-3-15(4-2)28-23(27)25-18-11-8-14-26-21(18)16-9-5-6-12-19(16)29-20-13-7-10-17(24)22(20)26/h5-7,9-10,12-13,15,18,21H,3-4,8,11,14H2,1-2H3,(H,25,27). The number of para-hydroxylation sites is 2. The maximum absolute atomic E-state index is 12.6. The Morgan fingerprint density at radius 2 is 1.97 bits per heavy atom. The minimum absolute atomic E-state index is 0.0193. The fourth-order valence-corrected chi connectivity index (χ4v) is 4.94. The molecule has 2 atom stereocenters. The molecule has 0 radical (unpaired) electrons. The molecule has 0 aromatic heterocycles. The quantitative estimate of drug-likeness (QED) is 0.593. The van der Waals surface area contributed by atoms with Gasteiger partial charge in [0.25, 0.3) is 0 Å². The number of rotatable bonds is 4. The molecular weight excluding hydrogens is 432 g/mol. The molecule has 0 aliphatic carbocycles. The number of hydrogen-bond acceptors (Lipinski definition) is 4. The number of carbonyl (C=O) groups is 1. The zero-order valence-corrected chi connectivity index (χ0v) is 18.4. The van der Waals surface area contributed by atoms with Gasteiger partial charge in [-0.15, -0.1) is 0 Å². The van der Waals surface area contributed by atoms with Gasteiger partial charge in [-0.05, 0) is 59.8 Å². The van der Waals surface area contributed by atoms with Crippen molar-refractivity contribution < 1.29 is 14.3 Å². The van der Waals surface area contributed by atoms with Gasteiger partial charge in [-0.1, -0.05) is 38.1 Å². The Morgan fingerprint density at radius 1 is 1.21 bits per heavy atom. The number of amides is 1. The maximum Gasteiger partial charge on any atom is 0.407 e. The number of benzene rings is 2. The molecule has 1 fully saturated rings. The third kappa shape index (κ3) is 3.95. The molecule has 1 N–H and O–H groups in total. The first-order chi connectivity index (χ1) is 14.1. The second kappa shape index (κ2) is 8.66. The summed E-state index contributed by atoms with van der Waals surface area (Å²) < 4.78 is 12.9. The van der Waals surface area contributed by atoms with E-state index in [1.807, 2.05) is 50.2 Å². The molecule has 1 saturated heterocycles. The van der Waals surface area contributed by atoms with Gasteiger partial charge in [0, 0.05) is 16.6 Å². The number of hydrogen-bond donors (Lipinski definition) is 1.